The summed E-state index contributed by atoms with van der Waals surface area (Å²) in [6, 6.07) is 8.78. The van der Waals surface area contributed by atoms with Gasteiger partial charge >= 0.3 is 0 Å². The zero-order valence-electron chi connectivity index (χ0n) is 13.6. The third-order valence-electron chi connectivity index (χ3n) is 4.02. The van der Waals surface area contributed by atoms with Crippen LogP contribution in [0.4, 0.5) is 0 Å². The molecule has 0 aliphatic rings. The monoisotopic (exact) mass is 275 g/mol. The number of unbranched alkanes of at least 4 members (excludes halogenated alkanes) is 7. The third-order valence-corrected chi connectivity index (χ3v) is 4.02. The molecular weight excluding hydrogens is 242 g/mol. The van der Waals surface area contributed by atoms with E-state index in [1.54, 1.807) is 0 Å². The Morgan fingerprint density at radius 1 is 0.750 bits per heavy atom. The summed E-state index contributed by atoms with van der Waals surface area (Å²) >= 11 is 0. The van der Waals surface area contributed by atoms with Crippen LogP contribution in [0.25, 0.3) is 0 Å². The molecule has 0 spiro atoms. The van der Waals surface area contributed by atoms with Gasteiger partial charge in [-0.1, -0.05) is 83.1 Å². The second-order valence-electron chi connectivity index (χ2n) is 5.77. The second-order valence-corrected chi connectivity index (χ2v) is 5.77. The molecule has 1 rings (SSSR count). The third kappa shape index (κ3) is 7.69. The summed E-state index contributed by atoms with van der Waals surface area (Å²) in [7, 11) is 0. The van der Waals surface area contributed by atoms with E-state index in [9.17, 15) is 0 Å². The molecule has 114 valence electrons. The van der Waals surface area contributed by atoms with E-state index in [0.29, 0.717) is 0 Å². The van der Waals surface area contributed by atoms with Gasteiger partial charge in [0.1, 0.15) is 0 Å². The molecule has 0 saturated carbocycles. The molecule has 0 unspecified atom stereocenters. The average Bonchev–Trinajstić information content (AvgIpc) is 2.49. The first-order chi connectivity index (χ1) is 9.88. The number of benzene rings is 1. The molecule has 0 fully saturated rings. The second kappa shape index (κ2) is 12.0. The molecular formula is C19H33N. The molecule has 0 radical (unpaired) electrons. The van der Waals surface area contributed by atoms with E-state index >= 15 is 0 Å². The van der Waals surface area contributed by atoms with Crippen LogP contribution in [-0.4, -0.2) is 6.54 Å². The Labute approximate surface area is 126 Å². The maximum absolute atomic E-state index is 3.59. The summed E-state index contributed by atoms with van der Waals surface area (Å²) in [5.74, 6) is 0. The van der Waals surface area contributed by atoms with Crippen molar-refractivity contribution in [2.45, 2.75) is 78.2 Å². The molecule has 1 aromatic carbocycles. The molecule has 1 heteroatoms. The highest BCUT2D eigenvalue weighted by molar-refractivity contribution is 5.26. The number of nitrogens with one attached hydrogen (secondary N) is 1. The molecule has 0 saturated heterocycles. The minimum absolute atomic E-state index is 1.03. The summed E-state index contributed by atoms with van der Waals surface area (Å²) in [5, 5.41) is 3.59. The van der Waals surface area contributed by atoms with Crippen molar-refractivity contribution in [3.05, 3.63) is 35.4 Å². The molecule has 1 N–H and O–H groups in total. The van der Waals surface area contributed by atoms with Crippen molar-refractivity contribution in [3.8, 4) is 0 Å². The largest absolute Gasteiger partial charge is 0.313 e. The van der Waals surface area contributed by atoms with Crippen molar-refractivity contribution in [2.75, 3.05) is 6.54 Å². The topological polar surface area (TPSA) is 12.0 Å². The first-order valence-corrected chi connectivity index (χ1v) is 8.66. The first kappa shape index (κ1) is 17.2. The zero-order chi connectivity index (χ0) is 14.5. The van der Waals surface area contributed by atoms with Crippen molar-refractivity contribution in [3.63, 3.8) is 0 Å². The van der Waals surface area contributed by atoms with E-state index < -0.39 is 0 Å². The summed E-state index contributed by atoms with van der Waals surface area (Å²) < 4.78 is 0. The quantitative estimate of drug-likeness (QED) is 0.498. The number of hydrogen-bond acceptors (Lipinski definition) is 1. The van der Waals surface area contributed by atoms with E-state index in [-0.39, 0.29) is 0 Å². The van der Waals surface area contributed by atoms with Crippen molar-refractivity contribution < 1.29 is 0 Å². The van der Waals surface area contributed by atoms with Crippen LogP contribution in [0.1, 0.15) is 76.3 Å². The zero-order valence-corrected chi connectivity index (χ0v) is 13.6. The van der Waals surface area contributed by atoms with Crippen molar-refractivity contribution in [1.29, 1.82) is 0 Å². The highest BCUT2D eigenvalue weighted by atomic mass is 14.8. The summed E-state index contributed by atoms with van der Waals surface area (Å²) in [4.78, 5) is 0. The Morgan fingerprint density at radius 3 is 2.00 bits per heavy atom. The van der Waals surface area contributed by atoms with Crippen molar-refractivity contribution >= 4 is 0 Å². The van der Waals surface area contributed by atoms with Crippen molar-refractivity contribution in [2.24, 2.45) is 0 Å². The predicted octanol–water partition coefficient (Wildman–Crippen LogP) is 5.48. The van der Waals surface area contributed by atoms with Gasteiger partial charge in [-0.05, 0) is 30.5 Å². The fourth-order valence-corrected chi connectivity index (χ4v) is 2.68. The first-order valence-electron chi connectivity index (χ1n) is 8.66. The fourth-order valence-electron chi connectivity index (χ4n) is 2.68. The summed E-state index contributed by atoms with van der Waals surface area (Å²) in [6.45, 7) is 6.70. The van der Waals surface area contributed by atoms with Crippen molar-refractivity contribution in [1.82, 2.24) is 5.32 Å². The number of aryl methyl sites for hydroxylation is 1. The fraction of sp³-hybridized carbons (Fsp3) is 0.684. The van der Waals surface area contributed by atoms with Crippen LogP contribution in [0.15, 0.2) is 24.3 Å². The van der Waals surface area contributed by atoms with E-state index in [1.165, 1.54) is 62.5 Å². The van der Waals surface area contributed by atoms with Gasteiger partial charge in [-0.15, -0.1) is 0 Å². The standard InChI is InChI=1S/C19H33N/c1-3-5-6-7-8-9-10-13-16-20-17-19-15-12-11-14-18(19)4-2/h11-12,14-15,20H,3-10,13,16-17H2,1-2H3. The van der Waals surface area contributed by atoms with Crippen LogP contribution in [0, 0.1) is 0 Å². The van der Waals surface area contributed by atoms with Crippen LogP contribution in [-0.2, 0) is 13.0 Å². The van der Waals surface area contributed by atoms with Gasteiger partial charge in [0.25, 0.3) is 0 Å². The maximum Gasteiger partial charge on any atom is 0.0208 e. The van der Waals surface area contributed by atoms with Gasteiger partial charge in [0, 0.05) is 6.54 Å². The SMILES string of the molecule is CCCCCCCCCCNCc1ccccc1CC. The van der Waals surface area contributed by atoms with Gasteiger partial charge in [-0.3, -0.25) is 0 Å². The van der Waals surface area contributed by atoms with Gasteiger partial charge in [0.2, 0.25) is 0 Å². The Morgan fingerprint density at radius 2 is 1.35 bits per heavy atom. The highest BCUT2D eigenvalue weighted by Crippen LogP contribution is 2.10. The molecule has 0 amide bonds. The lowest BCUT2D eigenvalue weighted by atomic mass is 10.1. The Kier molecular flexibility index (Phi) is 10.3. The van der Waals surface area contributed by atoms with Gasteiger partial charge < -0.3 is 5.32 Å². The van der Waals surface area contributed by atoms with Gasteiger partial charge in [-0.25, -0.2) is 0 Å². The summed E-state index contributed by atoms with van der Waals surface area (Å²) in [6.07, 6.45) is 12.3. The molecule has 1 nitrogen and oxygen atoms in total. The maximum atomic E-state index is 3.59. The molecule has 1 aromatic rings. The Hall–Kier alpha value is -0.820. The van der Waals surface area contributed by atoms with E-state index in [0.717, 1.165) is 19.5 Å². The molecule has 20 heavy (non-hydrogen) atoms. The lowest BCUT2D eigenvalue weighted by Crippen LogP contribution is -2.15. The number of hydrogen-bond donors (Lipinski definition) is 1. The molecule has 0 atom stereocenters. The molecule has 0 aliphatic carbocycles. The molecule has 0 heterocycles. The normalized spacial score (nSPS) is 10.9. The minimum atomic E-state index is 1.03. The van der Waals surface area contributed by atoms with E-state index in [2.05, 4.69) is 43.4 Å². The molecule has 0 aliphatic heterocycles. The minimum Gasteiger partial charge on any atom is -0.313 e. The number of rotatable bonds is 12. The Balaban J connectivity index is 1.97. The van der Waals surface area contributed by atoms with Crippen LogP contribution in [0.3, 0.4) is 0 Å². The van der Waals surface area contributed by atoms with Crippen LogP contribution >= 0.6 is 0 Å². The van der Waals surface area contributed by atoms with Crippen LogP contribution in [0.5, 0.6) is 0 Å². The van der Waals surface area contributed by atoms with E-state index in [4.69, 9.17) is 0 Å². The molecule has 0 aromatic heterocycles. The predicted molar refractivity (Wildman–Crippen MR) is 90.1 cm³/mol. The Bertz CT molecular complexity index is 332. The van der Waals surface area contributed by atoms with Gasteiger partial charge in [-0.2, -0.15) is 0 Å². The molecule has 0 bridgehead atoms. The highest BCUT2D eigenvalue weighted by Gasteiger charge is 1.98. The van der Waals surface area contributed by atoms with Gasteiger partial charge in [0.15, 0.2) is 0 Å². The smallest absolute Gasteiger partial charge is 0.0208 e. The lowest BCUT2D eigenvalue weighted by Gasteiger charge is -2.09. The average molecular weight is 275 g/mol. The van der Waals surface area contributed by atoms with Crippen LogP contribution in [0.2, 0.25) is 0 Å². The lowest BCUT2D eigenvalue weighted by molar-refractivity contribution is 0.554. The summed E-state index contributed by atoms with van der Waals surface area (Å²) in [5.41, 5.74) is 2.95. The van der Waals surface area contributed by atoms with Gasteiger partial charge in [0.05, 0.1) is 0 Å². The van der Waals surface area contributed by atoms with Crippen LogP contribution < -0.4 is 5.32 Å². The van der Waals surface area contributed by atoms with E-state index in [1.807, 2.05) is 0 Å².